The van der Waals surface area contributed by atoms with Gasteiger partial charge in [0.2, 0.25) is 0 Å². The first-order valence-corrected chi connectivity index (χ1v) is 7.02. The van der Waals surface area contributed by atoms with Gasteiger partial charge in [-0.25, -0.2) is 4.98 Å². The minimum absolute atomic E-state index is 0.0833. The summed E-state index contributed by atoms with van der Waals surface area (Å²) in [5.74, 6) is 5.20. The fourth-order valence-corrected chi connectivity index (χ4v) is 2.22. The van der Waals surface area contributed by atoms with Crippen molar-refractivity contribution in [2.24, 2.45) is 5.90 Å². The molecule has 0 bridgehead atoms. The number of aromatic nitrogens is 2. The summed E-state index contributed by atoms with van der Waals surface area (Å²) in [7, 11) is 0. The molecular formula is C16H19N3O3. The van der Waals surface area contributed by atoms with Gasteiger partial charge < -0.3 is 14.5 Å². The molecule has 2 rings (SSSR count). The number of nitrogens with two attached hydrogens (primary N) is 1. The number of imidazole rings is 1. The first kappa shape index (κ1) is 15.8. The minimum atomic E-state index is -0.827. The average molecular weight is 301 g/mol. The van der Waals surface area contributed by atoms with Crippen LogP contribution in [0.5, 0.6) is 0 Å². The van der Waals surface area contributed by atoms with E-state index in [1.54, 1.807) is 12.5 Å². The van der Waals surface area contributed by atoms with Gasteiger partial charge in [-0.15, -0.1) is 0 Å². The van der Waals surface area contributed by atoms with E-state index in [1.807, 2.05) is 41.1 Å². The third kappa shape index (κ3) is 4.46. The maximum atomic E-state index is 10.7. The summed E-state index contributed by atoms with van der Waals surface area (Å²) < 4.78 is 1.92. The van der Waals surface area contributed by atoms with Gasteiger partial charge in [-0.05, 0) is 12.0 Å². The van der Waals surface area contributed by atoms with E-state index in [4.69, 9.17) is 15.8 Å². The molecular weight excluding hydrogens is 282 g/mol. The van der Waals surface area contributed by atoms with Gasteiger partial charge in [0, 0.05) is 30.8 Å². The van der Waals surface area contributed by atoms with Crippen LogP contribution in [-0.2, 0) is 16.2 Å². The van der Waals surface area contributed by atoms with Crippen LogP contribution in [0.1, 0.15) is 24.8 Å². The molecule has 2 aromatic rings. The van der Waals surface area contributed by atoms with Crippen LogP contribution in [0.15, 0.2) is 54.8 Å². The number of carbonyl (C=O) groups is 1. The van der Waals surface area contributed by atoms with Crippen molar-refractivity contribution in [1.82, 2.24) is 9.55 Å². The Labute approximate surface area is 128 Å². The zero-order valence-electron chi connectivity index (χ0n) is 12.2. The van der Waals surface area contributed by atoms with E-state index < -0.39 is 5.97 Å². The fourth-order valence-electron chi connectivity index (χ4n) is 2.22. The van der Waals surface area contributed by atoms with E-state index in [1.165, 1.54) is 0 Å². The molecule has 3 N–H and O–H groups in total. The van der Waals surface area contributed by atoms with Crippen molar-refractivity contribution in [2.75, 3.05) is 0 Å². The molecule has 0 amide bonds. The van der Waals surface area contributed by atoms with Gasteiger partial charge >= 0.3 is 5.97 Å². The van der Waals surface area contributed by atoms with E-state index in [0.29, 0.717) is 25.1 Å². The largest absolute Gasteiger partial charge is 0.481 e. The Bertz CT molecular complexity index is 621. The van der Waals surface area contributed by atoms with Crippen LogP contribution < -0.4 is 5.90 Å². The molecule has 0 aliphatic heterocycles. The van der Waals surface area contributed by atoms with Gasteiger partial charge in [0.05, 0.1) is 12.9 Å². The number of rotatable bonds is 8. The van der Waals surface area contributed by atoms with Gasteiger partial charge in [0.25, 0.3) is 0 Å². The van der Waals surface area contributed by atoms with Crippen molar-refractivity contribution in [3.8, 4) is 0 Å². The fraction of sp³-hybridized carbons (Fsp3) is 0.250. The van der Waals surface area contributed by atoms with Crippen molar-refractivity contribution in [1.29, 1.82) is 0 Å². The van der Waals surface area contributed by atoms with Gasteiger partial charge in [-0.3, -0.25) is 4.79 Å². The summed E-state index contributed by atoms with van der Waals surface area (Å²) in [6.07, 6.45) is 6.31. The van der Waals surface area contributed by atoms with Crippen LogP contribution in [-0.4, -0.2) is 20.6 Å². The monoisotopic (exact) mass is 301 g/mol. The molecule has 0 atom stereocenters. The highest BCUT2D eigenvalue weighted by Crippen LogP contribution is 2.24. The predicted octanol–water partition coefficient (Wildman–Crippen LogP) is 2.44. The van der Waals surface area contributed by atoms with E-state index in [2.05, 4.69) is 4.98 Å². The molecule has 22 heavy (non-hydrogen) atoms. The Morgan fingerprint density at radius 2 is 2.05 bits per heavy atom. The number of hydrogen-bond donors (Lipinski definition) is 2. The second-order valence-electron chi connectivity index (χ2n) is 4.87. The van der Waals surface area contributed by atoms with Crippen molar-refractivity contribution < 1.29 is 14.7 Å². The molecule has 0 saturated carbocycles. The zero-order valence-corrected chi connectivity index (χ0v) is 12.2. The number of benzene rings is 1. The standard InChI is InChI=1S/C16H19N3O3/c17-22-15(7-4-8-16(20)21)14(11-19-10-9-18-12-19)13-5-2-1-3-6-13/h1-3,5-6,9-10,12H,4,7-8,11,17H2,(H,20,21)/b15-14-. The second kappa shape index (κ2) is 7.99. The number of nitrogens with zero attached hydrogens (tertiary/aromatic N) is 2. The highest BCUT2D eigenvalue weighted by molar-refractivity contribution is 5.68. The van der Waals surface area contributed by atoms with Crippen LogP contribution >= 0.6 is 0 Å². The van der Waals surface area contributed by atoms with Gasteiger partial charge in [-0.1, -0.05) is 30.3 Å². The van der Waals surface area contributed by atoms with Gasteiger partial charge in [0.15, 0.2) is 0 Å². The molecule has 0 saturated heterocycles. The topological polar surface area (TPSA) is 90.4 Å². The summed E-state index contributed by atoms with van der Waals surface area (Å²) in [4.78, 5) is 19.7. The van der Waals surface area contributed by atoms with Crippen LogP contribution in [0.3, 0.4) is 0 Å². The number of aliphatic carboxylic acids is 1. The summed E-state index contributed by atoms with van der Waals surface area (Å²) in [5, 5.41) is 8.76. The molecule has 6 heteroatoms. The highest BCUT2D eigenvalue weighted by atomic mass is 16.6. The lowest BCUT2D eigenvalue weighted by Crippen LogP contribution is -2.08. The summed E-state index contributed by atoms with van der Waals surface area (Å²) in [6.45, 7) is 0.559. The molecule has 116 valence electrons. The van der Waals surface area contributed by atoms with Crippen molar-refractivity contribution in [3.63, 3.8) is 0 Å². The van der Waals surface area contributed by atoms with Gasteiger partial charge in [0.1, 0.15) is 5.76 Å². The molecule has 6 nitrogen and oxygen atoms in total. The normalized spacial score (nSPS) is 11.9. The quantitative estimate of drug-likeness (QED) is 0.577. The smallest absolute Gasteiger partial charge is 0.303 e. The maximum Gasteiger partial charge on any atom is 0.303 e. The second-order valence-corrected chi connectivity index (χ2v) is 4.87. The molecule has 1 heterocycles. The maximum absolute atomic E-state index is 10.7. The highest BCUT2D eigenvalue weighted by Gasteiger charge is 2.12. The molecule has 0 radical (unpaired) electrons. The third-order valence-electron chi connectivity index (χ3n) is 3.30. The third-order valence-corrected chi connectivity index (χ3v) is 3.30. The summed E-state index contributed by atoms with van der Waals surface area (Å²) in [6, 6.07) is 9.76. The molecule has 0 unspecified atom stereocenters. The number of allylic oxidation sites excluding steroid dienone is 2. The summed E-state index contributed by atoms with van der Waals surface area (Å²) in [5.41, 5.74) is 1.92. The molecule has 1 aromatic heterocycles. The Balaban J connectivity index is 2.27. The number of carboxylic acids is 1. The number of carboxylic acid groups (broad SMARTS) is 1. The first-order chi connectivity index (χ1) is 10.7. The minimum Gasteiger partial charge on any atom is -0.481 e. The van der Waals surface area contributed by atoms with Crippen LogP contribution in [0.25, 0.3) is 5.57 Å². The molecule has 0 fully saturated rings. The summed E-state index contributed by atoms with van der Waals surface area (Å²) >= 11 is 0. The SMILES string of the molecule is NO/C(CCCC(=O)O)=C(/Cn1ccnc1)c1ccccc1. The lowest BCUT2D eigenvalue weighted by molar-refractivity contribution is -0.137. The number of hydrogen-bond acceptors (Lipinski definition) is 4. The van der Waals surface area contributed by atoms with Crippen LogP contribution in [0, 0.1) is 0 Å². The lowest BCUT2D eigenvalue weighted by atomic mass is 10.0. The van der Waals surface area contributed by atoms with Crippen LogP contribution in [0.2, 0.25) is 0 Å². The van der Waals surface area contributed by atoms with E-state index in [-0.39, 0.29) is 6.42 Å². The predicted molar refractivity (Wildman–Crippen MR) is 82.3 cm³/mol. The van der Waals surface area contributed by atoms with E-state index in [0.717, 1.165) is 11.1 Å². The molecule has 0 spiro atoms. The van der Waals surface area contributed by atoms with Crippen molar-refractivity contribution in [2.45, 2.75) is 25.8 Å². The molecule has 1 aromatic carbocycles. The Hall–Kier alpha value is -2.60. The van der Waals surface area contributed by atoms with Crippen molar-refractivity contribution in [3.05, 3.63) is 60.4 Å². The Morgan fingerprint density at radius 1 is 1.27 bits per heavy atom. The molecule has 0 aliphatic carbocycles. The average Bonchev–Trinajstić information content (AvgIpc) is 3.03. The van der Waals surface area contributed by atoms with E-state index in [9.17, 15) is 4.79 Å². The van der Waals surface area contributed by atoms with Crippen LogP contribution in [0.4, 0.5) is 0 Å². The van der Waals surface area contributed by atoms with E-state index >= 15 is 0 Å². The lowest BCUT2D eigenvalue weighted by Gasteiger charge is -2.14. The zero-order chi connectivity index (χ0) is 15.8. The van der Waals surface area contributed by atoms with Crippen molar-refractivity contribution >= 4 is 11.5 Å². The Kier molecular flexibility index (Phi) is 5.73. The van der Waals surface area contributed by atoms with Gasteiger partial charge in [-0.2, -0.15) is 5.90 Å². The first-order valence-electron chi connectivity index (χ1n) is 7.02. The molecule has 0 aliphatic rings. The Morgan fingerprint density at radius 3 is 2.64 bits per heavy atom.